The molecule has 4 rings (SSSR count). The summed E-state index contributed by atoms with van der Waals surface area (Å²) >= 11 is 2.83. The van der Waals surface area contributed by atoms with Gasteiger partial charge in [-0.1, -0.05) is 11.8 Å². The van der Waals surface area contributed by atoms with Gasteiger partial charge in [0.05, 0.1) is 14.2 Å². The molecule has 172 valence electrons. The first kappa shape index (κ1) is 22.9. The zero-order valence-electron chi connectivity index (χ0n) is 18.2. The van der Waals surface area contributed by atoms with E-state index in [1.54, 1.807) is 19.6 Å². The molecule has 3 heterocycles. The lowest BCUT2D eigenvalue weighted by Crippen LogP contribution is -2.44. The fourth-order valence-corrected chi connectivity index (χ4v) is 6.15. The Hall–Kier alpha value is -2.30. The van der Waals surface area contributed by atoms with E-state index in [0.717, 1.165) is 48.3 Å². The van der Waals surface area contributed by atoms with Crippen LogP contribution in [0.5, 0.6) is 11.5 Å². The molecule has 1 saturated heterocycles. The molecule has 8 nitrogen and oxygen atoms in total. The molecule has 1 N–H and O–H groups in total. The Balaban J connectivity index is 1.34. The fraction of sp³-hybridized carbons (Fsp3) is 0.500. The monoisotopic (exact) mass is 477 g/mol. The van der Waals surface area contributed by atoms with Crippen molar-refractivity contribution in [1.82, 2.24) is 14.8 Å². The van der Waals surface area contributed by atoms with Crippen LogP contribution in [0.2, 0.25) is 0 Å². The van der Waals surface area contributed by atoms with Crippen LogP contribution in [-0.4, -0.2) is 77.4 Å². The Kier molecular flexibility index (Phi) is 7.22. The third-order valence-electron chi connectivity index (χ3n) is 5.98. The highest BCUT2D eigenvalue weighted by atomic mass is 32.2. The SMILES string of the molecule is COc1cc2c(cc1OC)CN(CC1CCC(=O)N1CCSc1nc(C(=O)O)cs1)CC2. The van der Waals surface area contributed by atoms with Crippen molar-refractivity contribution < 1.29 is 24.2 Å². The topological polar surface area (TPSA) is 92.2 Å². The predicted octanol–water partition coefficient (Wildman–Crippen LogP) is 3.00. The lowest BCUT2D eigenvalue weighted by Gasteiger charge is -2.34. The number of carboxylic acids is 1. The predicted molar refractivity (Wildman–Crippen MR) is 123 cm³/mol. The molecule has 0 aliphatic carbocycles. The number of methoxy groups -OCH3 is 2. The normalized spacial score (nSPS) is 18.6. The number of carbonyl (C=O) groups excluding carboxylic acids is 1. The second kappa shape index (κ2) is 10.1. The molecule has 1 aromatic heterocycles. The minimum absolute atomic E-state index is 0.0762. The van der Waals surface area contributed by atoms with Crippen molar-refractivity contribution in [3.05, 3.63) is 34.3 Å². The zero-order valence-corrected chi connectivity index (χ0v) is 19.8. The number of thioether (sulfide) groups is 1. The van der Waals surface area contributed by atoms with Crippen molar-refractivity contribution in [3.63, 3.8) is 0 Å². The molecular formula is C22H27N3O5S2. The van der Waals surface area contributed by atoms with Crippen molar-refractivity contribution in [3.8, 4) is 11.5 Å². The van der Waals surface area contributed by atoms with Crippen LogP contribution < -0.4 is 9.47 Å². The summed E-state index contributed by atoms with van der Waals surface area (Å²) in [4.78, 5) is 32.0. The minimum Gasteiger partial charge on any atom is -0.493 e. The van der Waals surface area contributed by atoms with Crippen LogP contribution >= 0.6 is 23.1 Å². The molecule has 10 heteroatoms. The highest BCUT2D eigenvalue weighted by Crippen LogP contribution is 2.34. The first-order valence-corrected chi connectivity index (χ1v) is 12.4. The van der Waals surface area contributed by atoms with Gasteiger partial charge >= 0.3 is 5.97 Å². The Labute approximate surface area is 195 Å². The first-order valence-electron chi connectivity index (χ1n) is 10.6. The van der Waals surface area contributed by atoms with Gasteiger partial charge in [0.25, 0.3) is 0 Å². The van der Waals surface area contributed by atoms with E-state index in [2.05, 4.69) is 22.0 Å². The van der Waals surface area contributed by atoms with Crippen LogP contribution in [0.4, 0.5) is 0 Å². The van der Waals surface area contributed by atoms with Crippen molar-refractivity contribution in [2.75, 3.05) is 39.6 Å². The number of likely N-dealkylation sites (tertiary alicyclic amines) is 1. The maximum atomic E-state index is 12.5. The van der Waals surface area contributed by atoms with Gasteiger partial charge in [0.2, 0.25) is 5.91 Å². The molecule has 0 radical (unpaired) electrons. The Morgan fingerprint density at radius 2 is 2.00 bits per heavy atom. The van der Waals surface area contributed by atoms with E-state index in [-0.39, 0.29) is 17.6 Å². The van der Waals surface area contributed by atoms with Crippen molar-refractivity contribution in [2.24, 2.45) is 0 Å². The molecule has 2 aliphatic rings. The van der Waals surface area contributed by atoms with E-state index in [1.165, 1.54) is 34.2 Å². The molecule has 0 spiro atoms. The molecule has 2 aromatic rings. The number of hydrogen-bond acceptors (Lipinski definition) is 8. The van der Waals surface area contributed by atoms with E-state index < -0.39 is 5.97 Å². The number of amides is 1. The number of nitrogens with zero attached hydrogens (tertiary/aromatic N) is 3. The summed E-state index contributed by atoms with van der Waals surface area (Å²) in [6.07, 6.45) is 2.41. The molecule has 1 atom stereocenters. The molecule has 1 aromatic carbocycles. The summed E-state index contributed by atoms with van der Waals surface area (Å²) in [7, 11) is 3.31. The second-order valence-corrected chi connectivity index (χ2v) is 10.1. The Bertz CT molecular complexity index is 996. The van der Waals surface area contributed by atoms with Crippen LogP contribution in [0.1, 0.15) is 34.5 Å². The number of aromatic carboxylic acids is 1. The van der Waals surface area contributed by atoms with Crippen molar-refractivity contribution >= 4 is 35.0 Å². The van der Waals surface area contributed by atoms with Gasteiger partial charge < -0.3 is 19.5 Å². The van der Waals surface area contributed by atoms with Crippen molar-refractivity contribution in [2.45, 2.75) is 36.2 Å². The van der Waals surface area contributed by atoms with Crippen LogP contribution in [0.3, 0.4) is 0 Å². The molecule has 1 amide bonds. The average molecular weight is 478 g/mol. The molecule has 0 saturated carbocycles. The third-order valence-corrected chi connectivity index (χ3v) is 7.98. The summed E-state index contributed by atoms with van der Waals surface area (Å²) in [6.45, 7) is 3.28. The number of benzene rings is 1. The van der Waals surface area contributed by atoms with Crippen LogP contribution in [-0.2, 0) is 17.8 Å². The van der Waals surface area contributed by atoms with Crippen molar-refractivity contribution in [1.29, 1.82) is 0 Å². The van der Waals surface area contributed by atoms with Gasteiger partial charge in [-0.3, -0.25) is 9.69 Å². The summed E-state index contributed by atoms with van der Waals surface area (Å²) in [5.74, 6) is 1.40. The number of carboxylic acid groups (broad SMARTS) is 1. The van der Waals surface area contributed by atoms with Gasteiger partial charge in [-0.2, -0.15) is 0 Å². The maximum Gasteiger partial charge on any atom is 0.355 e. The van der Waals surface area contributed by atoms with Crippen LogP contribution in [0.25, 0.3) is 0 Å². The van der Waals surface area contributed by atoms with Gasteiger partial charge in [0, 0.05) is 49.8 Å². The molecule has 2 aliphatic heterocycles. The van der Waals surface area contributed by atoms with Crippen LogP contribution in [0, 0.1) is 0 Å². The quantitative estimate of drug-likeness (QED) is 0.551. The Morgan fingerprint density at radius 1 is 1.25 bits per heavy atom. The second-order valence-electron chi connectivity index (χ2n) is 7.89. The molecule has 1 fully saturated rings. The third kappa shape index (κ3) is 5.02. The fourth-order valence-electron chi connectivity index (χ4n) is 4.34. The van der Waals surface area contributed by atoms with E-state index in [4.69, 9.17) is 14.6 Å². The van der Waals surface area contributed by atoms with E-state index in [9.17, 15) is 9.59 Å². The highest BCUT2D eigenvalue weighted by Gasteiger charge is 2.32. The zero-order chi connectivity index (χ0) is 22.7. The summed E-state index contributed by atoms with van der Waals surface area (Å²) in [5, 5.41) is 10.6. The minimum atomic E-state index is -1.01. The number of thiazole rings is 1. The lowest BCUT2D eigenvalue weighted by molar-refractivity contribution is -0.128. The number of ether oxygens (including phenoxy) is 2. The van der Waals surface area contributed by atoms with Gasteiger partial charge in [0.15, 0.2) is 21.5 Å². The van der Waals surface area contributed by atoms with Crippen LogP contribution in [0.15, 0.2) is 21.9 Å². The van der Waals surface area contributed by atoms with E-state index in [1.807, 2.05) is 4.90 Å². The Morgan fingerprint density at radius 3 is 2.69 bits per heavy atom. The molecule has 32 heavy (non-hydrogen) atoms. The summed E-state index contributed by atoms with van der Waals surface area (Å²) in [6, 6.07) is 4.34. The number of aromatic nitrogens is 1. The smallest absolute Gasteiger partial charge is 0.355 e. The molecule has 1 unspecified atom stereocenters. The lowest BCUT2D eigenvalue weighted by atomic mass is 9.98. The first-order chi connectivity index (χ1) is 15.5. The summed E-state index contributed by atoms with van der Waals surface area (Å²) < 4.78 is 11.6. The summed E-state index contributed by atoms with van der Waals surface area (Å²) in [5.41, 5.74) is 2.62. The number of carbonyl (C=O) groups is 2. The largest absolute Gasteiger partial charge is 0.493 e. The number of hydrogen-bond donors (Lipinski definition) is 1. The van der Waals surface area contributed by atoms with Gasteiger partial charge in [-0.25, -0.2) is 9.78 Å². The van der Waals surface area contributed by atoms with E-state index in [0.29, 0.717) is 18.7 Å². The van der Waals surface area contributed by atoms with Gasteiger partial charge in [0.1, 0.15) is 0 Å². The number of rotatable bonds is 9. The maximum absolute atomic E-state index is 12.5. The highest BCUT2D eigenvalue weighted by molar-refractivity contribution is 8.01. The average Bonchev–Trinajstić information content (AvgIpc) is 3.40. The molecular weight excluding hydrogens is 450 g/mol. The standard InChI is InChI=1S/C22H27N3O5S2/c1-29-18-9-14-5-6-24(11-15(14)10-19(18)30-2)12-16-3-4-20(26)25(16)7-8-31-22-23-17(13-32-22)21(27)28/h9-10,13,16H,3-8,11-12H2,1-2H3,(H,27,28). The van der Waals surface area contributed by atoms with Gasteiger partial charge in [-0.05, 0) is 36.1 Å². The number of fused-ring (bicyclic) bond motifs is 1. The molecule has 0 bridgehead atoms. The van der Waals surface area contributed by atoms with Gasteiger partial charge in [-0.15, -0.1) is 11.3 Å². The van der Waals surface area contributed by atoms with E-state index >= 15 is 0 Å².